The van der Waals surface area contributed by atoms with Crippen LogP contribution in [0.15, 0.2) is 24.3 Å². The number of anilines is 1. The molecule has 0 spiro atoms. The van der Waals surface area contributed by atoms with Crippen molar-refractivity contribution in [2.45, 2.75) is 26.7 Å². The van der Waals surface area contributed by atoms with Crippen molar-refractivity contribution in [2.24, 2.45) is 5.41 Å². The fraction of sp³-hybridized carbons (Fsp3) is 0.500. The van der Waals surface area contributed by atoms with Crippen molar-refractivity contribution in [3.05, 3.63) is 29.8 Å². The van der Waals surface area contributed by atoms with Crippen LogP contribution in [0.4, 0.5) is 5.69 Å². The van der Waals surface area contributed by atoms with Gasteiger partial charge in [0.05, 0.1) is 6.54 Å². The quantitative estimate of drug-likeness (QED) is 0.818. The SMILES string of the molecule is Cc1ccccc1NC(=O)CNCC1(C)CC1. The highest BCUT2D eigenvalue weighted by molar-refractivity contribution is 5.92. The Morgan fingerprint density at radius 3 is 2.71 bits per heavy atom. The molecule has 0 radical (unpaired) electrons. The summed E-state index contributed by atoms with van der Waals surface area (Å²) in [5.41, 5.74) is 2.44. The molecule has 0 atom stereocenters. The average Bonchev–Trinajstić information content (AvgIpc) is 3.00. The minimum Gasteiger partial charge on any atom is -0.325 e. The lowest BCUT2D eigenvalue weighted by Crippen LogP contribution is -2.31. The van der Waals surface area contributed by atoms with Crippen molar-refractivity contribution in [3.63, 3.8) is 0 Å². The van der Waals surface area contributed by atoms with E-state index in [2.05, 4.69) is 17.6 Å². The molecule has 3 heteroatoms. The molecule has 1 fully saturated rings. The summed E-state index contributed by atoms with van der Waals surface area (Å²) in [7, 11) is 0. The fourth-order valence-corrected chi connectivity index (χ4v) is 1.78. The molecule has 17 heavy (non-hydrogen) atoms. The van der Waals surface area contributed by atoms with Gasteiger partial charge in [-0.3, -0.25) is 4.79 Å². The van der Waals surface area contributed by atoms with Gasteiger partial charge in [0, 0.05) is 12.2 Å². The summed E-state index contributed by atoms with van der Waals surface area (Å²) in [6.45, 7) is 5.58. The zero-order chi connectivity index (χ0) is 12.3. The molecule has 0 bridgehead atoms. The predicted octanol–water partition coefficient (Wildman–Crippen LogP) is 2.32. The van der Waals surface area contributed by atoms with Crippen molar-refractivity contribution >= 4 is 11.6 Å². The summed E-state index contributed by atoms with van der Waals surface area (Å²) in [4.78, 5) is 11.7. The Morgan fingerprint density at radius 1 is 1.35 bits per heavy atom. The number of hydrogen-bond acceptors (Lipinski definition) is 2. The van der Waals surface area contributed by atoms with Crippen molar-refractivity contribution in [1.82, 2.24) is 5.32 Å². The Morgan fingerprint density at radius 2 is 2.06 bits per heavy atom. The largest absolute Gasteiger partial charge is 0.325 e. The molecule has 0 unspecified atom stereocenters. The van der Waals surface area contributed by atoms with E-state index in [1.54, 1.807) is 0 Å². The lowest BCUT2D eigenvalue weighted by atomic mass is 10.1. The molecule has 0 aliphatic heterocycles. The van der Waals surface area contributed by atoms with Crippen molar-refractivity contribution in [1.29, 1.82) is 0 Å². The highest BCUT2D eigenvalue weighted by Crippen LogP contribution is 2.43. The first-order chi connectivity index (χ1) is 8.09. The molecule has 3 nitrogen and oxygen atoms in total. The van der Waals surface area contributed by atoms with Gasteiger partial charge in [0.15, 0.2) is 0 Å². The van der Waals surface area contributed by atoms with Crippen LogP contribution in [0.5, 0.6) is 0 Å². The van der Waals surface area contributed by atoms with Gasteiger partial charge in [-0.15, -0.1) is 0 Å². The maximum Gasteiger partial charge on any atom is 0.238 e. The summed E-state index contributed by atoms with van der Waals surface area (Å²) >= 11 is 0. The first-order valence-corrected chi connectivity index (χ1v) is 6.15. The first-order valence-electron chi connectivity index (χ1n) is 6.15. The maximum absolute atomic E-state index is 11.7. The summed E-state index contributed by atoms with van der Waals surface area (Å²) in [6, 6.07) is 7.82. The third kappa shape index (κ3) is 3.56. The molecular formula is C14H20N2O. The van der Waals surface area contributed by atoms with Crippen LogP contribution in [-0.2, 0) is 4.79 Å². The van der Waals surface area contributed by atoms with Crippen LogP contribution in [0.2, 0.25) is 0 Å². The molecule has 2 rings (SSSR count). The van der Waals surface area contributed by atoms with E-state index < -0.39 is 0 Å². The Bertz CT molecular complexity index is 410. The highest BCUT2D eigenvalue weighted by Gasteiger charge is 2.36. The van der Waals surface area contributed by atoms with Gasteiger partial charge in [-0.2, -0.15) is 0 Å². The van der Waals surface area contributed by atoms with Gasteiger partial charge in [0.2, 0.25) is 5.91 Å². The third-order valence-electron chi connectivity index (χ3n) is 3.36. The van der Waals surface area contributed by atoms with E-state index in [1.807, 2.05) is 31.2 Å². The number of carbonyl (C=O) groups is 1. The number of nitrogens with one attached hydrogen (secondary N) is 2. The average molecular weight is 232 g/mol. The number of benzene rings is 1. The molecule has 0 saturated heterocycles. The zero-order valence-electron chi connectivity index (χ0n) is 10.5. The van der Waals surface area contributed by atoms with Gasteiger partial charge >= 0.3 is 0 Å². The molecule has 92 valence electrons. The van der Waals surface area contributed by atoms with Crippen molar-refractivity contribution in [3.8, 4) is 0 Å². The number of para-hydroxylation sites is 1. The second-order valence-corrected chi connectivity index (χ2v) is 5.28. The normalized spacial score (nSPS) is 16.6. The molecule has 1 aromatic rings. The van der Waals surface area contributed by atoms with E-state index in [9.17, 15) is 4.79 Å². The van der Waals surface area contributed by atoms with Gasteiger partial charge in [-0.1, -0.05) is 25.1 Å². The molecular weight excluding hydrogens is 212 g/mol. The van der Waals surface area contributed by atoms with Crippen LogP contribution in [-0.4, -0.2) is 19.0 Å². The van der Waals surface area contributed by atoms with Gasteiger partial charge in [0.25, 0.3) is 0 Å². The Balaban J connectivity index is 1.75. The smallest absolute Gasteiger partial charge is 0.238 e. The van der Waals surface area contributed by atoms with Gasteiger partial charge < -0.3 is 10.6 Å². The van der Waals surface area contributed by atoms with Crippen LogP contribution < -0.4 is 10.6 Å². The predicted molar refractivity (Wildman–Crippen MR) is 70.0 cm³/mol. The standard InChI is InChI=1S/C14H20N2O/c1-11-5-3-4-6-12(11)16-13(17)9-15-10-14(2)7-8-14/h3-6,15H,7-10H2,1-2H3,(H,16,17). The first kappa shape index (κ1) is 12.1. The number of hydrogen-bond donors (Lipinski definition) is 2. The lowest BCUT2D eigenvalue weighted by Gasteiger charge is -2.11. The monoisotopic (exact) mass is 232 g/mol. The number of rotatable bonds is 5. The molecule has 0 heterocycles. The Labute approximate surface area is 103 Å². The molecule has 1 saturated carbocycles. The van der Waals surface area contributed by atoms with E-state index in [4.69, 9.17) is 0 Å². The number of carbonyl (C=O) groups excluding carboxylic acids is 1. The number of amides is 1. The topological polar surface area (TPSA) is 41.1 Å². The Hall–Kier alpha value is -1.35. The maximum atomic E-state index is 11.7. The van der Waals surface area contributed by atoms with Gasteiger partial charge in [-0.25, -0.2) is 0 Å². The second-order valence-electron chi connectivity index (χ2n) is 5.28. The summed E-state index contributed by atoms with van der Waals surface area (Å²) < 4.78 is 0. The zero-order valence-corrected chi connectivity index (χ0v) is 10.5. The van der Waals surface area contributed by atoms with Crippen LogP contribution in [0, 0.1) is 12.3 Å². The Kier molecular flexibility index (Phi) is 3.48. The second kappa shape index (κ2) is 4.88. The fourth-order valence-electron chi connectivity index (χ4n) is 1.78. The molecule has 1 aliphatic rings. The molecule has 1 aliphatic carbocycles. The van der Waals surface area contributed by atoms with E-state index in [0.29, 0.717) is 12.0 Å². The van der Waals surface area contributed by atoms with E-state index in [-0.39, 0.29) is 5.91 Å². The summed E-state index contributed by atoms with van der Waals surface area (Å²) in [5.74, 6) is 0.0311. The molecule has 1 aromatic carbocycles. The molecule has 1 amide bonds. The summed E-state index contributed by atoms with van der Waals surface area (Å²) in [6.07, 6.45) is 2.55. The minimum atomic E-state index is 0.0311. The highest BCUT2D eigenvalue weighted by atomic mass is 16.1. The van der Waals surface area contributed by atoms with Gasteiger partial charge in [0.1, 0.15) is 0 Å². The minimum absolute atomic E-state index is 0.0311. The van der Waals surface area contributed by atoms with Crippen LogP contribution in [0.25, 0.3) is 0 Å². The van der Waals surface area contributed by atoms with Crippen molar-refractivity contribution in [2.75, 3.05) is 18.4 Å². The van der Waals surface area contributed by atoms with Gasteiger partial charge in [-0.05, 0) is 36.8 Å². The third-order valence-corrected chi connectivity index (χ3v) is 3.36. The molecule has 0 aromatic heterocycles. The van der Waals surface area contributed by atoms with E-state index in [1.165, 1.54) is 12.8 Å². The van der Waals surface area contributed by atoms with E-state index in [0.717, 1.165) is 17.8 Å². The molecule has 2 N–H and O–H groups in total. The van der Waals surface area contributed by atoms with Crippen LogP contribution in [0.3, 0.4) is 0 Å². The van der Waals surface area contributed by atoms with Crippen molar-refractivity contribution < 1.29 is 4.79 Å². The summed E-state index contributed by atoms with van der Waals surface area (Å²) in [5, 5.41) is 6.13. The lowest BCUT2D eigenvalue weighted by molar-refractivity contribution is -0.115. The van der Waals surface area contributed by atoms with E-state index >= 15 is 0 Å². The van der Waals surface area contributed by atoms with Crippen LogP contribution in [0.1, 0.15) is 25.3 Å². The number of aryl methyl sites for hydroxylation is 1. The van der Waals surface area contributed by atoms with Crippen LogP contribution >= 0.6 is 0 Å².